The molecule has 0 spiro atoms. The van der Waals surface area contributed by atoms with Crippen molar-refractivity contribution in [1.82, 2.24) is 20.2 Å². The van der Waals surface area contributed by atoms with E-state index in [1.165, 1.54) is 0 Å². The summed E-state index contributed by atoms with van der Waals surface area (Å²) in [6, 6.07) is 7.51. The van der Waals surface area contributed by atoms with Crippen LogP contribution >= 0.6 is 11.6 Å². The number of nitrogens with one attached hydrogen (secondary N) is 1. The molecule has 0 amide bonds. The first-order valence-electron chi connectivity index (χ1n) is 8.14. The average Bonchev–Trinajstić information content (AvgIpc) is 3.06. The van der Waals surface area contributed by atoms with Crippen LogP contribution in [0.2, 0.25) is 5.02 Å². The zero-order valence-electron chi connectivity index (χ0n) is 13.5. The van der Waals surface area contributed by atoms with E-state index >= 15 is 0 Å². The Morgan fingerprint density at radius 2 is 2.00 bits per heavy atom. The first-order valence-corrected chi connectivity index (χ1v) is 8.52. The van der Waals surface area contributed by atoms with Gasteiger partial charge in [0.25, 0.3) is 0 Å². The fourth-order valence-corrected chi connectivity index (χ4v) is 3.33. The maximum Gasteiger partial charge on any atom is 0.202 e. The van der Waals surface area contributed by atoms with Gasteiger partial charge in [-0.05, 0) is 18.9 Å². The van der Waals surface area contributed by atoms with Crippen LogP contribution in [-0.2, 0) is 0 Å². The molecule has 1 aromatic carbocycles. The molecule has 1 saturated heterocycles. The number of hydrogen-bond acceptors (Lipinski definition) is 6. The highest BCUT2D eigenvalue weighted by molar-refractivity contribution is 6.33. The van der Waals surface area contributed by atoms with Gasteiger partial charge in [-0.1, -0.05) is 29.8 Å². The molecule has 130 valence electrons. The van der Waals surface area contributed by atoms with Crippen molar-refractivity contribution in [2.75, 3.05) is 24.6 Å². The number of aliphatic hydroxyl groups excluding tert-OH is 1. The SMILES string of the molecule is OCC1(O)CCN(c2cnc3c(-c4ccccc4Cl)[nH]nc3n2)CC1. The normalized spacial score (nSPS) is 17.2. The molecule has 8 heteroatoms. The summed E-state index contributed by atoms with van der Waals surface area (Å²) in [4.78, 5) is 11.1. The lowest BCUT2D eigenvalue weighted by atomic mass is 9.92. The summed E-state index contributed by atoms with van der Waals surface area (Å²) in [5.41, 5.74) is 1.78. The van der Waals surface area contributed by atoms with Crippen molar-refractivity contribution in [3.8, 4) is 11.3 Å². The third-order valence-corrected chi connectivity index (χ3v) is 5.04. The van der Waals surface area contributed by atoms with E-state index in [0.29, 0.717) is 47.9 Å². The van der Waals surface area contributed by atoms with Gasteiger partial charge in [0.1, 0.15) is 11.3 Å². The van der Waals surface area contributed by atoms with Crippen LogP contribution in [0.3, 0.4) is 0 Å². The van der Waals surface area contributed by atoms with E-state index in [2.05, 4.69) is 20.2 Å². The first kappa shape index (κ1) is 16.3. The second-order valence-corrected chi connectivity index (χ2v) is 6.76. The summed E-state index contributed by atoms with van der Waals surface area (Å²) >= 11 is 6.26. The maximum atomic E-state index is 10.1. The van der Waals surface area contributed by atoms with E-state index in [0.717, 1.165) is 11.3 Å². The maximum absolute atomic E-state index is 10.1. The van der Waals surface area contributed by atoms with Gasteiger partial charge in [-0.25, -0.2) is 9.97 Å². The summed E-state index contributed by atoms with van der Waals surface area (Å²) in [6.45, 7) is 1.00. The van der Waals surface area contributed by atoms with Crippen LogP contribution in [0, 0.1) is 0 Å². The lowest BCUT2D eigenvalue weighted by Crippen LogP contribution is -2.46. The number of anilines is 1. The van der Waals surface area contributed by atoms with E-state index in [4.69, 9.17) is 11.6 Å². The van der Waals surface area contributed by atoms with Crippen molar-refractivity contribution >= 4 is 28.6 Å². The smallest absolute Gasteiger partial charge is 0.202 e. The third kappa shape index (κ3) is 2.95. The number of aromatic amines is 1. The number of nitrogens with zero attached hydrogens (tertiary/aromatic N) is 4. The standard InChI is InChI=1S/C17H18ClN5O2/c18-12-4-2-1-3-11(12)14-15-16(22-21-14)20-13(9-19-15)23-7-5-17(25,10-24)6-8-23/h1-4,9,24-25H,5-8,10H2,(H,20,21,22). The molecule has 1 fully saturated rings. The highest BCUT2D eigenvalue weighted by Crippen LogP contribution is 2.31. The Hall–Kier alpha value is -2.22. The van der Waals surface area contributed by atoms with Gasteiger partial charge < -0.3 is 15.1 Å². The van der Waals surface area contributed by atoms with Crippen molar-refractivity contribution in [1.29, 1.82) is 0 Å². The molecule has 0 bridgehead atoms. The van der Waals surface area contributed by atoms with Gasteiger partial charge >= 0.3 is 0 Å². The van der Waals surface area contributed by atoms with E-state index in [1.807, 2.05) is 29.2 Å². The van der Waals surface area contributed by atoms with E-state index < -0.39 is 5.60 Å². The minimum Gasteiger partial charge on any atom is -0.393 e. The van der Waals surface area contributed by atoms with Gasteiger partial charge in [-0.2, -0.15) is 5.10 Å². The molecule has 3 N–H and O–H groups in total. The largest absolute Gasteiger partial charge is 0.393 e. The number of aliphatic hydroxyl groups is 2. The first-order chi connectivity index (χ1) is 12.1. The Bertz CT molecular complexity index is 905. The Balaban J connectivity index is 1.64. The molecule has 0 unspecified atom stereocenters. The van der Waals surface area contributed by atoms with Gasteiger partial charge in [0, 0.05) is 18.7 Å². The van der Waals surface area contributed by atoms with Crippen molar-refractivity contribution in [3.05, 3.63) is 35.5 Å². The molecule has 1 aliphatic rings. The second kappa shape index (κ2) is 6.25. The molecular formula is C17H18ClN5O2. The van der Waals surface area contributed by atoms with Crippen LogP contribution in [-0.4, -0.2) is 55.7 Å². The molecule has 0 radical (unpaired) electrons. The number of rotatable bonds is 3. The van der Waals surface area contributed by atoms with Gasteiger partial charge in [0.05, 0.1) is 29.1 Å². The van der Waals surface area contributed by atoms with Crippen molar-refractivity contribution in [2.45, 2.75) is 18.4 Å². The minimum atomic E-state index is -0.988. The fraction of sp³-hybridized carbons (Fsp3) is 0.353. The molecule has 3 heterocycles. The van der Waals surface area contributed by atoms with Crippen LogP contribution in [0.25, 0.3) is 22.4 Å². The summed E-state index contributed by atoms with van der Waals surface area (Å²) in [7, 11) is 0. The molecule has 1 aliphatic heterocycles. The third-order valence-electron chi connectivity index (χ3n) is 4.71. The number of benzene rings is 1. The fourth-order valence-electron chi connectivity index (χ4n) is 3.10. The molecular weight excluding hydrogens is 342 g/mol. The number of aromatic nitrogens is 4. The van der Waals surface area contributed by atoms with E-state index in [-0.39, 0.29) is 6.61 Å². The molecule has 0 atom stereocenters. The van der Waals surface area contributed by atoms with Crippen LogP contribution in [0.1, 0.15) is 12.8 Å². The predicted octanol–water partition coefficient (Wildman–Crippen LogP) is 2.00. The highest BCUT2D eigenvalue weighted by atomic mass is 35.5. The Morgan fingerprint density at radius 1 is 1.24 bits per heavy atom. The van der Waals surface area contributed by atoms with Crippen molar-refractivity contribution in [3.63, 3.8) is 0 Å². The zero-order valence-corrected chi connectivity index (χ0v) is 14.2. The van der Waals surface area contributed by atoms with Gasteiger partial charge in [0.2, 0.25) is 5.65 Å². The Morgan fingerprint density at radius 3 is 2.72 bits per heavy atom. The number of halogens is 1. The summed E-state index contributed by atoms with van der Waals surface area (Å²) in [5.74, 6) is 0.713. The number of fused-ring (bicyclic) bond motifs is 1. The molecule has 2 aromatic heterocycles. The van der Waals surface area contributed by atoms with Crippen molar-refractivity contribution in [2.24, 2.45) is 0 Å². The molecule has 0 saturated carbocycles. The van der Waals surface area contributed by atoms with Gasteiger partial charge in [0.15, 0.2) is 0 Å². The second-order valence-electron chi connectivity index (χ2n) is 6.35. The van der Waals surface area contributed by atoms with Gasteiger partial charge in [-0.3, -0.25) is 5.10 Å². The Labute approximate surface area is 149 Å². The highest BCUT2D eigenvalue weighted by Gasteiger charge is 2.32. The van der Waals surface area contributed by atoms with Crippen LogP contribution < -0.4 is 4.90 Å². The molecule has 3 aromatic rings. The topological polar surface area (TPSA) is 98.2 Å². The monoisotopic (exact) mass is 359 g/mol. The quantitative estimate of drug-likeness (QED) is 0.661. The van der Waals surface area contributed by atoms with Crippen LogP contribution in [0.5, 0.6) is 0 Å². The van der Waals surface area contributed by atoms with Crippen LogP contribution in [0.15, 0.2) is 30.5 Å². The van der Waals surface area contributed by atoms with Crippen molar-refractivity contribution < 1.29 is 10.2 Å². The molecule has 25 heavy (non-hydrogen) atoms. The average molecular weight is 360 g/mol. The predicted molar refractivity (Wildman–Crippen MR) is 95.6 cm³/mol. The zero-order chi connectivity index (χ0) is 17.4. The van der Waals surface area contributed by atoms with E-state index in [9.17, 15) is 10.2 Å². The van der Waals surface area contributed by atoms with E-state index in [1.54, 1.807) is 6.20 Å². The summed E-state index contributed by atoms with van der Waals surface area (Å²) in [5, 5.41) is 27.2. The number of hydrogen-bond donors (Lipinski definition) is 3. The molecule has 4 rings (SSSR count). The van der Waals surface area contributed by atoms with Crippen LogP contribution in [0.4, 0.5) is 5.82 Å². The van der Waals surface area contributed by atoms with Gasteiger partial charge in [-0.15, -0.1) is 0 Å². The molecule has 7 nitrogen and oxygen atoms in total. The summed E-state index contributed by atoms with van der Waals surface area (Å²) in [6.07, 6.45) is 2.70. The lowest BCUT2D eigenvalue weighted by molar-refractivity contribution is -0.0326. The Kier molecular flexibility index (Phi) is 4.07. The summed E-state index contributed by atoms with van der Waals surface area (Å²) < 4.78 is 0. The minimum absolute atomic E-state index is 0.216. The number of piperidine rings is 1. The lowest BCUT2D eigenvalue weighted by Gasteiger charge is -2.37. The number of H-pyrrole nitrogens is 1. The molecule has 0 aliphatic carbocycles.